The van der Waals surface area contributed by atoms with Gasteiger partial charge in [0.2, 0.25) is 7.98 Å². The van der Waals surface area contributed by atoms with Crippen LogP contribution in [0.1, 0.15) is 5.56 Å². The summed E-state index contributed by atoms with van der Waals surface area (Å²) >= 11 is 4.22. The molecule has 52 valence electrons. The summed E-state index contributed by atoms with van der Waals surface area (Å²) in [4.78, 5) is 0.995. The van der Waals surface area contributed by atoms with Crippen LogP contribution in [0.4, 0.5) is 5.69 Å². The molecule has 0 aliphatic heterocycles. The molecule has 1 aromatic rings. The van der Waals surface area contributed by atoms with Gasteiger partial charge >= 0.3 is 0 Å². The minimum Gasteiger partial charge on any atom is -0.434 e. The van der Waals surface area contributed by atoms with E-state index < -0.39 is 0 Å². The van der Waals surface area contributed by atoms with Crippen molar-refractivity contribution >= 4 is 26.3 Å². The van der Waals surface area contributed by atoms with Crippen molar-refractivity contribution in [3.63, 3.8) is 0 Å². The van der Waals surface area contributed by atoms with E-state index >= 15 is 0 Å². The SMILES string of the molecule is BNc1cc(S)ccc1C. The third kappa shape index (κ3) is 1.48. The second kappa shape index (κ2) is 3.02. The lowest BCUT2D eigenvalue weighted by atomic mass is 10.2. The van der Waals surface area contributed by atoms with Gasteiger partial charge in [0.1, 0.15) is 0 Å². The lowest BCUT2D eigenvalue weighted by molar-refractivity contribution is 1.39. The van der Waals surface area contributed by atoms with Crippen LogP contribution in [0.2, 0.25) is 0 Å². The molecule has 10 heavy (non-hydrogen) atoms. The Hall–Kier alpha value is -0.565. The molecule has 0 atom stereocenters. The zero-order valence-electron chi connectivity index (χ0n) is 6.18. The fourth-order valence-electron chi connectivity index (χ4n) is 0.879. The normalized spacial score (nSPS) is 9.40. The van der Waals surface area contributed by atoms with E-state index in [0.717, 1.165) is 10.6 Å². The first-order valence-corrected chi connectivity index (χ1v) is 3.66. The van der Waals surface area contributed by atoms with Gasteiger partial charge in [-0.2, -0.15) is 0 Å². The summed E-state index contributed by atoms with van der Waals surface area (Å²) in [7, 11) is 1.91. The van der Waals surface area contributed by atoms with Gasteiger partial charge in [0.05, 0.1) is 0 Å². The number of aryl methyl sites for hydroxylation is 1. The van der Waals surface area contributed by atoms with Crippen LogP contribution >= 0.6 is 12.6 Å². The Morgan fingerprint density at radius 1 is 1.50 bits per heavy atom. The highest BCUT2D eigenvalue weighted by atomic mass is 32.1. The third-order valence-corrected chi connectivity index (χ3v) is 1.77. The zero-order chi connectivity index (χ0) is 7.56. The van der Waals surface area contributed by atoms with Crippen LogP contribution in [-0.4, -0.2) is 7.98 Å². The average molecular weight is 151 g/mol. The third-order valence-electron chi connectivity index (χ3n) is 1.49. The van der Waals surface area contributed by atoms with Crippen molar-refractivity contribution < 1.29 is 0 Å². The first-order valence-electron chi connectivity index (χ1n) is 3.21. The molecule has 0 amide bonds. The predicted molar refractivity (Wildman–Crippen MR) is 50.6 cm³/mol. The molecule has 1 rings (SSSR count). The van der Waals surface area contributed by atoms with Gasteiger partial charge in [0, 0.05) is 10.6 Å². The standard InChI is InChI=1S/C7H10BNS/c1-5-2-3-6(10)4-7(5)9-8/h2-4,9-10H,8H2,1H3. The van der Waals surface area contributed by atoms with E-state index in [9.17, 15) is 0 Å². The summed E-state index contributed by atoms with van der Waals surface area (Å²) in [5, 5.41) is 3.09. The monoisotopic (exact) mass is 151 g/mol. The molecule has 0 heterocycles. The van der Waals surface area contributed by atoms with Gasteiger partial charge in [-0.25, -0.2) is 0 Å². The molecule has 0 saturated heterocycles. The topological polar surface area (TPSA) is 12.0 Å². The van der Waals surface area contributed by atoms with Crippen LogP contribution in [0.5, 0.6) is 0 Å². The number of benzene rings is 1. The fourth-order valence-corrected chi connectivity index (χ4v) is 1.08. The van der Waals surface area contributed by atoms with Gasteiger partial charge in [-0.05, 0) is 24.6 Å². The zero-order valence-corrected chi connectivity index (χ0v) is 7.07. The number of rotatable bonds is 1. The van der Waals surface area contributed by atoms with Crippen LogP contribution in [0, 0.1) is 6.92 Å². The molecule has 1 aromatic carbocycles. The number of anilines is 1. The summed E-state index contributed by atoms with van der Waals surface area (Å²) in [6.07, 6.45) is 0. The van der Waals surface area contributed by atoms with Gasteiger partial charge in [0.25, 0.3) is 0 Å². The number of hydrogen-bond acceptors (Lipinski definition) is 2. The maximum atomic E-state index is 4.22. The highest BCUT2D eigenvalue weighted by molar-refractivity contribution is 7.80. The number of hydrogen-bond donors (Lipinski definition) is 2. The molecular formula is C7H10BNS. The van der Waals surface area contributed by atoms with Crippen molar-refractivity contribution in [3.8, 4) is 0 Å². The van der Waals surface area contributed by atoms with E-state index in [1.165, 1.54) is 5.56 Å². The molecule has 0 fully saturated rings. The Labute approximate surface area is 67.7 Å². The molecule has 0 radical (unpaired) electrons. The first kappa shape index (κ1) is 7.54. The molecule has 0 saturated carbocycles. The molecule has 0 bridgehead atoms. The molecule has 3 heteroatoms. The quantitative estimate of drug-likeness (QED) is 0.454. The highest BCUT2D eigenvalue weighted by Gasteiger charge is 1.93. The van der Waals surface area contributed by atoms with Gasteiger partial charge in [-0.15, -0.1) is 12.6 Å². The van der Waals surface area contributed by atoms with Crippen molar-refractivity contribution in [1.29, 1.82) is 0 Å². The summed E-state index contributed by atoms with van der Waals surface area (Å²) in [6, 6.07) is 6.05. The van der Waals surface area contributed by atoms with Crippen molar-refractivity contribution in [3.05, 3.63) is 23.8 Å². The minimum atomic E-state index is 0.995. The van der Waals surface area contributed by atoms with Gasteiger partial charge in [0.15, 0.2) is 0 Å². The van der Waals surface area contributed by atoms with Crippen LogP contribution in [-0.2, 0) is 0 Å². The smallest absolute Gasteiger partial charge is 0.213 e. The largest absolute Gasteiger partial charge is 0.434 e. The lowest BCUT2D eigenvalue weighted by Crippen LogP contribution is -1.92. The molecule has 0 aromatic heterocycles. The summed E-state index contributed by atoms with van der Waals surface area (Å²) in [5.41, 5.74) is 2.40. The number of nitrogens with one attached hydrogen (secondary N) is 1. The molecule has 0 aliphatic carbocycles. The van der Waals surface area contributed by atoms with Crippen LogP contribution in [0.3, 0.4) is 0 Å². The van der Waals surface area contributed by atoms with E-state index in [1.54, 1.807) is 0 Å². The van der Waals surface area contributed by atoms with E-state index in [0.29, 0.717) is 0 Å². The second-order valence-corrected chi connectivity index (χ2v) is 2.77. The van der Waals surface area contributed by atoms with Crippen molar-refractivity contribution in [2.75, 3.05) is 5.23 Å². The maximum absolute atomic E-state index is 4.22. The molecule has 1 nitrogen and oxygen atoms in total. The van der Waals surface area contributed by atoms with Crippen molar-refractivity contribution in [2.45, 2.75) is 11.8 Å². The van der Waals surface area contributed by atoms with Gasteiger partial charge in [-0.1, -0.05) is 6.07 Å². The van der Waals surface area contributed by atoms with Crippen LogP contribution < -0.4 is 5.23 Å². The molecule has 0 unspecified atom stereocenters. The highest BCUT2D eigenvalue weighted by Crippen LogP contribution is 2.17. The molecule has 0 spiro atoms. The van der Waals surface area contributed by atoms with Crippen molar-refractivity contribution in [1.82, 2.24) is 0 Å². The van der Waals surface area contributed by atoms with Crippen LogP contribution in [0.15, 0.2) is 23.1 Å². The van der Waals surface area contributed by atoms with Gasteiger partial charge < -0.3 is 5.23 Å². The van der Waals surface area contributed by atoms with E-state index in [4.69, 9.17) is 0 Å². The van der Waals surface area contributed by atoms with Crippen LogP contribution in [0.25, 0.3) is 0 Å². The Bertz CT molecular complexity index is 237. The van der Waals surface area contributed by atoms with E-state index in [-0.39, 0.29) is 0 Å². The Morgan fingerprint density at radius 2 is 2.20 bits per heavy atom. The van der Waals surface area contributed by atoms with E-state index in [1.807, 2.05) is 26.2 Å². The van der Waals surface area contributed by atoms with E-state index in [2.05, 4.69) is 24.8 Å². The fraction of sp³-hybridized carbons (Fsp3) is 0.143. The maximum Gasteiger partial charge on any atom is 0.213 e. The summed E-state index contributed by atoms with van der Waals surface area (Å²) < 4.78 is 0. The molecule has 0 aliphatic rings. The Balaban J connectivity index is 3.09. The second-order valence-electron chi connectivity index (χ2n) is 2.25. The number of thiol groups is 1. The summed E-state index contributed by atoms with van der Waals surface area (Å²) in [6.45, 7) is 2.07. The predicted octanol–water partition coefficient (Wildman–Crippen LogP) is 1.24. The Kier molecular flexibility index (Phi) is 2.27. The first-order chi connectivity index (χ1) is 4.74. The molecule has 1 N–H and O–H groups in total. The average Bonchev–Trinajstić information content (AvgIpc) is 1.94. The Morgan fingerprint density at radius 3 is 2.70 bits per heavy atom. The lowest BCUT2D eigenvalue weighted by Gasteiger charge is -2.04. The van der Waals surface area contributed by atoms with Gasteiger partial charge in [-0.3, -0.25) is 0 Å². The molecular weight excluding hydrogens is 141 g/mol. The van der Waals surface area contributed by atoms with Crippen molar-refractivity contribution in [2.24, 2.45) is 0 Å². The summed E-state index contributed by atoms with van der Waals surface area (Å²) in [5.74, 6) is 0. The minimum absolute atomic E-state index is 0.995.